The van der Waals surface area contributed by atoms with Crippen molar-refractivity contribution in [2.75, 3.05) is 6.26 Å². The maximum atomic E-state index is 11.4. The Morgan fingerprint density at radius 1 is 1.36 bits per heavy atom. The molecule has 1 heterocycles. The van der Waals surface area contributed by atoms with E-state index in [0.29, 0.717) is 0 Å². The minimum atomic E-state index is -3.40. The van der Waals surface area contributed by atoms with Crippen LogP contribution in [0.25, 0.3) is 0 Å². The lowest BCUT2D eigenvalue weighted by atomic mass is 10.2. The third-order valence-electron chi connectivity index (χ3n) is 2.45. The first-order chi connectivity index (χ1) is 6.48. The fourth-order valence-electron chi connectivity index (χ4n) is 1.77. The third kappa shape index (κ3) is 1.48. The van der Waals surface area contributed by atoms with Gasteiger partial charge in [-0.2, -0.15) is 0 Å². The molecule has 0 fully saturated rings. The van der Waals surface area contributed by atoms with Crippen molar-refractivity contribution in [1.29, 1.82) is 0 Å². The molecule has 0 radical (unpaired) electrons. The second kappa shape index (κ2) is 2.95. The van der Waals surface area contributed by atoms with E-state index < -0.39 is 15.4 Å². The van der Waals surface area contributed by atoms with Gasteiger partial charge in [0.25, 0.3) is 5.56 Å². The largest absolute Gasteiger partial charge is 0.325 e. The highest BCUT2D eigenvalue weighted by Crippen LogP contribution is 2.20. The van der Waals surface area contributed by atoms with E-state index >= 15 is 0 Å². The Labute approximate surface area is 81.9 Å². The minimum Gasteiger partial charge on any atom is -0.325 e. The smallest absolute Gasteiger partial charge is 0.266 e. The van der Waals surface area contributed by atoms with Gasteiger partial charge in [-0.25, -0.2) is 8.42 Å². The number of nitrogens with one attached hydrogen (secondary N) is 1. The number of aromatic amines is 1. The third-order valence-corrected chi connectivity index (χ3v) is 3.56. The number of sulfone groups is 1. The van der Waals surface area contributed by atoms with E-state index in [2.05, 4.69) is 4.98 Å². The molecule has 0 amide bonds. The zero-order chi connectivity index (χ0) is 10.3. The van der Waals surface area contributed by atoms with E-state index in [1.54, 1.807) is 0 Å². The van der Waals surface area contributed by atoms with Crippen LogP contribution in [-0.2, 0) is 22.7 Å². The van der Waals surface area contributed by atoms with Crippen molar-refractivity contribution >= 4 is 9.84 Å². The van der Waals surface area contributed by atoms with E-state index in [-0.39, 0.29) is 4.90 Å². The Morgan fingerprint density at radius 3 is 2.71 bits per heavy atom. The molecule has 0 saturated carbocycles. The van der Waals surface area contributed by atoms with Gasteiger partial charge < -0.3 is 4.98 Å². The van der Waals surface area contributed by atoms with Crippen molar-refractivity contribution in [2.45, 2.75) is 24.2 Å². The number of aryl methyl sites for hydroxylation is 2. The monoisotopic (exact) mass is 213 g/mol. The predicted octanol–water partition coefficient (Wildman–Crippen LogP) is 0.267. The molecule has 0 bridgehead atoms. The number of H-pyrrole nitrogens is 1. The zero-order valence-corrected chi connectivity index (χ0v) is 8.65. The van der Waals surface area contributed by atoms with Crippen LogP contribution in [0, 0.1) is 0 Å². The molecule has 76 valence electrons. The van der Waals surface area contributed by atoms with Gasteiger partial charge in [0.2, 0.25) is 0 Å². The molecule has 0 aromatic carbocycles. The fourth-order valence-corrected chi connectivity index (χ4v) is 2.51. The van der Waals surface area contributed by atoms with Crippen LogP contribution in [-0.4, -0.2) is 19.7 Å². The number of pyridine rings is 1. The lowest BCUT2D eigenvalue weighted by Crippen LogP contribution is -2.18. The van der Waals surface area contributed by atoms with Gasteiger partial charge in [-0.15, -0.1) is 0 Å². The van der Waals surface area contributed by atoms with Crippen LogP contribution in [0.3, 0.4) is 0 Å². The minimum absolute atomic E-state index is 0.113. The molecule has 0 unspecified atom stereocenters. The van der Waals surface area contributed by atoms with Crippen LogP contribution >= 0.6 is 0 Å². The maximum absolute atomic E-state index is 11.4. The topological polar surface area (TPSA) is 67.0 Å². The van der Waals surface area contributed by atoms with Crippen molar-refractivity contribution in [3.05, 3.63) is 27.7 Å². The summed E-state index contributed by atoms with van der Waals surface area (Å²) in [6.07, 6.45) is 3.74. The van der Waals surface area contributed by atoms with Gasteiger partial charge in [-0.3, -0.25) is 4.79 Å². The van der Waals surface area contributed by atoms with Crippen molar-refractivity contribution in [3.63, 3.8) is 0 Å². The molecule has 1 aliphatic rings. The summed E-state index contributed by atoms with van der Waals surface area (Å²) in [4.78, 5) is 13.9. The Hall–Kier alpha value is -1.10. The van der Waals surface area contributed by atoms with Crippen LogP contribution in [0.1, 0.15) is 17.7 Å². The molecular weight excluding hydrogens is 202 g/mol. The molecule has 5 heteroatoms. The molecule has 0 aliphatic heterocycles. The first-order valence-corrected chi connectivity index (χ1v) is 6.33. The van der Waals surface area contributed by atoms with E-state index in [1.807, 2.05) is 0 Å². The Kier molecular flexibility index (Phi) is 1.99. The number of rotatable bonds is 1. The summed E-state index contributed by atoms with van der Waals surface area (Å²) in [5, 5.41) is 0. The van der Waals surface area contributed by atoms with Gasteiger partial charge >= 0.3 is 0 Å². The standard InChI is InChI=1S/C9H11NO3S/c1-14(12,13)8-5-6-3-2-4-7(6)10-9(8)11/h5H,2-4H2,1H3,(H,10,11). The first-order valence-electron chi connectivity index (χ1n) is 4.43. The van der Waals surface area contributed by atoms with Gasteiger partial charge in [0.1, 0.15) is 4.90 Å². The van der Waals surface area contributed by atoms with Gasteiger partial charge in [-0.05, 0) is 30.9 Å². The second-order valence-corrected chi connectivity index (χ2v) is 5.58. The van der Waals surface area contributed by atoms with Crippen LogP contribution in [0.15, 0.2) is 15.8 Å². The maximum Gasteiger partial charge on any atom is 0.266 e. The molecule has 1 aromatic heterocycles. The van der Waals surface area contributed by atoms with Crippen molar-refractivity contribution in [2.24, 2.45) is 0 Å². The summed E-state index contributed by atoms with van der Waals surface area (Å²) in [6.45, 7) is 0. The molecule has 2 rings (SSSR count). The summed E-state index contributed by atoms with van der Waals surface area (Å²) in [6, 6.07) is 1.51. The fraction of sp³-hybridized carbons (Fsp3) is 0.444. The number of hydrogen-bond acceptors (Lipinski definition) is 3. The molecule has 4 nitrogen and oxygen atoms in total. The predicted molar refractivity (Wildman–Crippen MR) is 52.2 cm³/mol. The summed E-state index contributed by atoms with van der Waals surface area (Å²) >= 11 is 0. The highest BCUT2D eigenvalue weighted by atomic mass is 32.2. The summed E-state index contributed by atoms with van der Waals surface area (Å²) in [5.41, 5.74) is 1.36. The highest BCUT2D eigenvalue weighted by molar-refractivity contribution is 7.90. The summed E-state index contributed by atoms with van der Waals surface area (Å²) in [7, 11) is -3.40. The van der Waals surface area contributed by atoms with Gasteiger partial charge in [0.15, 0.2) is 9.84 Å². The number of fused-ring (bicyclic) bond motifs is 1. The van der Waals surface area contributed by atoms with E-state index in [9.17, 15) is 13.2 Å². The quantitative estimate of drug-likeness (QED) is 0.728. The molecule has 1 aromatic rings. The van der Waals surface area contributed by atoms with Gasteiger partial charge in [0.05, 0.1) is 0 Å². The van der Waals surface area contributed by atoms with Crippen LogP contribution in [0.2, 0.25) is 0 Å². The Bertz CT molecular complexity index is 527. The van der Waals surface area contributed by atoms with Crippen LogP contribution < -0.4 is 5.56 Å². The SMILES string of the molecule is CS(=O)(=O)c1cc2c([nH]c1=O)CCC2. The molecule has 0 atom stereocenters. The van der Waals surface area contributed by atoms with Crippen molar-refractivity contribution in [3.8, 4) is 0 Å². The molecule has 14 heavy (non-hydrogen) atoms. The van der Waals surface area contributed by atoms with Crippen molar-refractivity contribution in [1.82, 2.24) is 4.98 Å². The molecule has 0 spiro atoms. The van der Waals surface area contributed by atoms with Crippen molar-refractivity contribution < 1.29 is 8.42 Å². The van der Waals surface area contributed by atoms with Gasteiger partial charge in [-0.1, -0.05) is 0 Å². The summed E-state index contributed by atoms with van der Waals surface area (Å²) in [5.74, 6) is 0. The van der Waals surface area contributed by atoms with E-state index in [4.69, 9.17) is 0 Å². The van der Waals surface area contributed by atoms with Crippen LogP contribution in [0.5, 0.6) is 0 Å². The second-order valence-electron chi connectivity index (χ2n) is 3.59. The zero-order valence-electron chi connectivity index (χ0n) is 7.83. The lowest BCUT2D eigenvalue weighted by Gasteiger charge is -2.01. The molecule has 0 saturated heterocycles. The van der Waals surface area contributed by atoms with Crippen LogP contribution in [0.4, 0.5) is 0 Å². The molecule has 1 aliphatic carbocycles. The average Bonchev–Trinajstić information content (AvgIpc) is 2.47. The number of aromatic nitrogens is 1. The normalized spacial score (nSPS) is 15.5. The first kappa shape index (κ1) is 9.45. The molecule has 1 N–H and O–H groups in total. The van der Waals surface area contributed by atoms with E-state index in [1.165, 1.54) is 6.07 Å². The lowest BCUT2D eigenvalue weighted by molar-refractivity contribution is 0.600. The van der Waals surface area contributed by atoms with E-state index in [0.717, 1.165) is 36.8 Å². The molecular formula is C9H11NO3S. The van der Waals surface area contributed by atoms with Gasteiger partial charge in [0, 0.05) is 11.9 Å². The average molecular weight is 213 g/mol. The Morgan fingerprint density at radius 2 is 2.07 bits per heavy atom. The number of hydrogen-bond donors (Lipinski definition) is 1. The Balaban J connectivity index is 2.71. The summed E-state index contributed by atoms with van der Waals surface area (Å²) < 4.78 is 22.5. The highest BCUT2D eigenvalue weighted by Gasteiger charge is 2.18.